The van der Waals surface area contributed by atoms with Gasteiger partial charge in [-0.15, -0.1) is 0 Å². The van der Waals surface area contributed by atoms with Crippen LogP contribution in [0, 0.1) is 10.1 Å². The number of hydrogen-bond acceptors (Lipinski definition) is 6. The van der Waals surface area contributed by atoms with E-state index in [-0.39, 0.29) is 23.5 Å². The van der Waals surface area contributed by atoms with Gasteiger partial charge < -0.3 is 15.4 Å². The second-order valence-electron chi connectivity index (χ2n) is 4.94. The summed E-state index contributed by atoms with van der Waals surface area (Å²) >= 11 is 0. The van der Waals surface area contributed by atoms with Gasteiger partial charge in [-0.2, -0.15) is 0 Å². The van der Waals surface area contributed by atoms with E-state index in [1.807, 2.05) is 0 Å². The van der Waals surface area contributed by atoms with Crippen LogP contribution in [0.4, 0.5) is 11.4 Å². The number of nitrogens with zero attached hydrogens (tertiary/aromatic N) is 2. The summed E-state index contributed by atoms with van der Waals surface area (Å²) in [7, 11) is 1.51. The Morgan fingerprint density at radius 3 is 2.60 bits per heavy atom. The minimum absolute atomic E-state index is 0.0527. The number of aliphatic hydroxyl groups excluding tert-OH is 1. The summed E-state index contributed by atoms with van der Waals surface area (Å²) in [6, 6.07) is 4.10. The van der Waals surface area contributed by atoms with Gasteiger partial charge in [0.25, 0.3) is 11.6 Å². The van der Waals surface area contributed by atoms with Crippen LogP contribution in [-0.2, 0) is 0 Å². The average molecular weight is 282 g/mol. The van der Waals surface area contributed by atoms with Crippen LogP contribution in [0.5, 0.6) is 0 Å². The molecule has 0 saturated carbocycles. The zero-order valence-corrected chi connectivity index (χ0v) is 11.6. The molecule has 0 heterocycles. The predicted octanol–water partition coefficient (Wildman–Crippen LogP) is 0.723. The Labute approximate surface area is 116 Å². The normalized spacial score (nSPS) is 11.1. The molecule has 4 N–H and O–H groups in total. The molecule has 1 rings (SSSR count). The Morgan fingerprint density at radius 2 is 2.15 bits per heavy atom. The summed E-state index contributed by atoms with van der Waals surface area (Å²) in [6.45, 7) is 3.12. The summed E-state index contributed by atoms with van der Waals surface area (Å²) < 4.78 is 0. The number of likely N-dealkylation sites (N-methyl/N-ethyl adjacent to an activating group) is 1. The van der Waals surface area contributed by atoms with Crippen molar-refractivity contribution < 1.29 is 14.8 Å². The third-order valence-electron chi connectivity index (χ3n) is 3.21. The average Bonchev–Trinajstić information content (AvgIpc) is 2.44. The fourth-order valence-corrected chi connectivity index (χ4v) is 1.58. The first-order valence-corrected chi connectivity index (χ1v) is 5.89. The number of anilines is 1. The number of benzene rings is 1. The van der Waals surface area contributed by atoms with Gasteiger partial charge in [0.05, 0.1) is 22.6 Å². The monoisotopic (exact) mass is 282 g/mol. The number of hydrogen-bond donors (Lipinski definition) is 3. The van der Waals surface area contributed by atoms with E-state index >= 15 is 0 Å². The SMILES string of the molecule is CN(C(=O)c1cccc([N+](=O)[O-])c1NN)C(C)(C)CO. The van der Waals surface area contributed by atoms with Gasteiger partial charge in [0.1, 0.15) is 5.69 Å². The zero-order chi connectivity index (χ0) is 15.5. The van der Waals surface area contributed by atoms with Gasteiger partial charge in [-0.3, -0.25) is 20.8 Å². The highest BCUT2D eigenvalue weighted by molar-refractivity contribution is 6.01. The van der Waals surface area contributed by atoms with E-state index in [0.717, 1.165) is 0 Å². The van der Waals surface area contributed by atoms with Crippen molar-refractivity contribution in [3.63, 3.8) is 0 Å². The molecule has 1 amide bonds. The molecule has 0 radical (unpaired) electrons. The Hall–Kier alpha value is -2.19. The molecule has 0 unspecified atom stereocenters. The maximum Gasteiger partial charge on any atom is 0.294 e. The summed E-state index contributed by atoms with van der Waals surface area (Å²) in [5.74, 6) is 4.82. The Bertz CT molecular complexity index is 530. The fourth-order valence-electron chi connectivity index (χ4n) is 1.58. The molecule has 0 saturated heterocycles. The van der Waals surface area contributed by atoms with Crippen molar-refractivity contribution in [1.29, 1.82) is 0 Å². The minimum Gasteiger partial charge on any atom is -0.394 e. The van der Waals surface area contributed by atoms with Crippen LogP contribution < -0.4 is 11.3 Å². The number of nitrogen functional groups attached to an aromatic ring is 1. The second-order valence-corrected chi connectivity index (χ2v) is 4.94. The smallest absolute Gasteiger partial charge is 0.294 e. The largest absolute Gasteiger partial charge is 0.394 e. The molecule has 0 aliphatic heterocycles. The van der Waals surface area contributed by atoms with Crippen LogP contribution in [0.1, 0.15) is 24.2 Å². The van der Waals surface area contributed by atoms with Gasteiger partial charge in [-0.25, -0.2) is 0 Å². The maximum absolute atomic E-state index is 12.4. The van der Waals surface area contributed by atoms with E-state index in [1.54, 1.807) is 13.8 Å². The molecule has 20 heavy (non-hydrogen) atoms. The van der Waals surface area contributed by atoms with E-state index in [9.17, 15) is 20.0 Å². The lowest BCUT2D eigenvalue weighted by Crippen LogP contribution is -2.47. The number of carbonyl (C=O) groups is 1. The lowest BCUT2D eigenvalue weighted by Gasteiger charge is -2.34. The van der Waals surface area contributed by atoms with E-state index in [4.69, 9.17) is 5.84 Å². The molecule has 0 spiro atoms. The quantitative estimate of drug-likeness (QED) is 0.415. The lowest BCUT2D eigenvalue weighted by atomic mass is 10.0. The molecular formula is C12H18N4O4. The van der Waals surface area contributed by atoms with Gasteiger partial charge in [-0.1, -0.05) is 6.07 Å². The highest BCUT2D eigenvalue weighted by Crippen LogP contribution is 2.29. The molecular weight excluding hydrogens is 264 g/mol. The van der Waals surface area contributed by atoms with Crippen molar-refractivity contribution in [2.75, 3.05) is 19.1 Å². The number of amides is 1. The van der Waals surface area contributed by atoms with Crippen molar-refractivity contribution in [2.24, 2.45) is 5.84 Å². The van der Waals surface area contributed by atoms with Gasteiger partial charge >= 0.3 is 0 Å². The van der Waals surface area contributed by atoms with E-state index in [2.05, 4.69) is 5.43 Å². The van der Waals surface area contributed by atoms with Crippen molar-refractivity contribution in [2.45, 2.75) is 19.4 Å². The number of aliphatic hydroxyl groups is 1. The summed E-state index contributed by atoms with van der Waals surface area (Å²) in [5.41, 5.74) is 1.14. The van der Waals surface area contributed by atoms with Crippen molar-refractivity contribution in [1.82, 2.24) is 4.90 Å². The third kappa shape index (κ3) is 2.86. The molecule has 0 atom stereocenters. The summed E-state index contributed by atoms with van der Waals surface area (Å²) in [4.78, 5) is 24.0. The van der Waals surface area contributed by atoms with Gasteiger partial charge in [0.15, 0.2) is 0 Å². The molecule has 0 aliphatic rings. The van der Waals surface area contributed by atoms with Gasteiger partial charge in [-0.05, 0) is 19.9 Å². The first-order valence-electron chi connectivity index (χ1n) is 5.89. The van der Waals surface area contributed by atoms with Crippen LogP contribution >= 0.6 is 0 Å². The van der Waals surface area contributed by atoms with Gasteiger partial charge in [0.2, 0.25) is 0 Å². The highest BCUT2D eigenvalue weighted by atomic mass is 16.6. The van der Waals surface area contributed by atoms with Gasteiger partial charge in [0, 0.05) is 13.1 Å². The first kappa shape index (κ1) is 15.9. The van der Waals surface area contributed by atoms with Crippen molar-refractivity contribution in [3.8, 4) is 0 Å². The topological polar surface area (TPSA) is 122 Å². The van der Waals surface area contributed by atoms with E-state index < -0.39 is 16.4 Å². The van der Waals surface area contributed by atoms with Crippen molar-refractivity contribution in [3.05, 3.63) is 33.9 Å². The second kappa shape index (κ2) is 5.85. The minimum atomic E-state index is -0.798. The number of nitro benzene ring substituents is 1. The molecule has 0 bridgehead atoms. The molecule has 0 aliphatic carbocycles. The number of nitrogens with two attached hydrogens (primary N) is 1. The molecule has 1 aromatic carbocycles. The molecule has 8 heteroatoms. The fraction of sp³-hybridized carbons (Fsp3) is 0.417. The Kier molecular flexibility index (Phi) is 4.64. The number of hydrazine groups is 1. The zero-order valence-electron chi connectivity index (χ0n) is 11.6. The number of nitrogens with one attached hydrogen (secondary N) is 1. The van der Waals surface area contributed by atoms with E-state index in [0.29, 0.717) is 0 Å². The molecule has 0 aromatic heterocycles. The molecule has 8 nitrogen and oxygen atoms in total. The van der Waals surface area contributed by atoms with Crippen LogP contribution in [-0.4, -0.2) is 40.0 Å². The van der Waals surface area contributed by atoms with E-state index in [1.165, 1.54) is 30.1 Å². The lowest BCUT2D eigenvalue weighted by molar-refractivity contribution is -0.384. The summed E-state index contributed by atoms with van der Waals surface area (Å²) in [6.07, 6.45) is 0. The highest BCUT2D eigenvalue weighted by Gasteiger charge is 2.30. The van der Waals surface area contributed by atoms with Crippen LogP contribution in [0.15, 0.2) is 18.2 Å². The Morgan fingerprint density at radius 1 is 1.55 bits per heavy atom. The summed E-state index contributed by atoms with van der Waals surface area (Å²) in [5, 5.41) is 20.2. The standard InChI is InChI=1S/C12H18N4O4/c1-12(2,7-17)15(3)11(18)8-5-4-6-9(16(19)20)10(8)14-13/h4-6,14,17H,7,13H2,1-3H3. The predicted molar refractivity (Wildman–Crippen MR) is 74.2 cm³/mol. The number of carbonyl (C=O) groups excluding carboxylic acids is 1. The van der Waals surface area contributed by atoms with Crippen LogP contribution in [0.2, 0.25) is 0 Å². The number of rotatable bonds is 5. The number of nitro groups is 1. The third-order valence-corrected chi connectivity index (χ3v) is 3.21. The van der Waals surface area contributed by atoms with Crippen LogP contribution in [0.25, 0.3) is 0 Å². The Balaban J connectivity index is 3.30. The molecule has 0 fully saturated rings. The first-order chi connectivity index (χ1) is 9.26. The molecule has 110 valence electrons. The van der Waals surface area contributed by atoms with Crippen molar-refractivity contribution >= 4 is 17.3 Å². The van der Waals surface area contributed by atoms with Crippen LogP contribution in [0.3, 0.4) is 0 Å². The number of para-hydroxylation sites is 1. The molecule has 1 aromatic rings. The maximum atomic E-state index is 12.4.